The van der Waals surface area contributed by atoms with E-state index in [4.69, 9.17) is 9.47 Å². The molecule has 2 rings (SSSR count). The van der Waals surface area contributed by atoms with Crippen molar-refractivity contribution in [3.8, 4) is 11.5 Å². The molecular formula is C18H21NO3S. The minimum absolute atomic E-state index is 0.0469. The topological polar surface area (TPSA) is 47.6 Å². The number of hydrogen-bond acceptors (Lipinski definition) is 4. The van der Waals surface area contributed by atoms with Gasteiger partial charge in [0.2, 0.25) is 5.91 Å². The first-order valence-electron chi connectivity index (χ1n) is 7.32. The molecule has 122 valence electrons. The Bertz CT molecular complexity index is 646. The molecule has 0 unspecified atom stereocenters. The highest BCUT2D eigenvalue weighted by atomic mass is 32.2. The lowest BCUT2D eigenvalue weighted by molar-refractivity contribution is -0.115. The third-order valence-electron chi connectivity index (χ3n) is 3.38. The van der Waals surface area contributed by atoms with Gasteiger partial charge in [-0.05, 0) is 24.6 Å². The lowest BCUT2D eigenvalue weighted by Crippen LogP contribution is -2.22. The molecule has 0 aliphatic rings. The lowest BCUT2D eigenvalue weighted by Gasteiger charge is -2.15. The van der Waals surface area contributed by atoms with E-state index in [-0.39, 0.29) is 11.2 Å². The maximum atomic E-state index is 12.3. The van der Waals surface area contributed by atoms with Crippen LogP contribution in [0.25, 0.3) is 0 Å². The van der Waals surface area contributed by atoms with Crippen molar-refractivity contribution < 1.29 is 14.3 Å². The molecule has 0 aliphatic carbocycles. The van der Waals surface area contributed by atoms with Gasteiger partial charge in [0.25, 0.3) is 0 Å². The first kappa shape index (κ1) is 17.2. The molecule has 1 amide bonds. The second-order valence-corrected chi connectivity index (χ2v) is 6.32. The number of ether oxygens (including phenoxy) is 2. The van der Waals surface area contributed by atoms with Crippen LogP contribution in [0.4, 0.5) is 5.69 Å². The summed E-state index contributed by atoms with van der Waals surface area (Å²) in [6, 6.07) is 15.4. The summed E-state index contributed by atoms with van der Waals surface area (Å²) < 4.78 is 10.5. The van der Waals surface area contributed by atoms with Gasteiger partial charge in [0.1, 0.15) is 11.5 Å². The number of hydrogen-bond donors (Lipinski definition) is 1. The van der Waals surface area contributed by atoms with E-state index in [1.165, 1.54) is 5.56 Å². The molecular weight excluding hydrogens is 310 g/mol. The highest BCUT2D eigenvalue weighted by Gasteiger charge is 2.16. The van der Waals surface area contributed by atoms with Crippen LogP contribution >= 0.6 is 11.8 Å². The predicted molar refractivity (Wildman–Crippen MR) is 95.4 cm³/mol. The minimum atomic E-state index is -0.165. The Kier molecular flexibility index (Phi) is 6.35. The van der Waals surface area contributed by atoms with E-state index in [1.54, 1.807) is 44.2 Å². The number of nitrogens with one attached hydrogen (secondary N) is 1. The fourth-order valence-electron chi connectivity index (χ4n) is 2.01. The SMILES string of the molecule is COc1ccc(NC(=O)[C@H](C)SCc2ccccc2)c(OC)c1. The number of rotatable bonds is 7. The maximum Gasteiger partial charge on any atom is 0.237 e. The van der Waals surface area contributed by atoms with Gasteiger partial charge in [-0.15, -0.1) is 11.8 Å². The molecule has 0 radical (unpaired) electrons. The monoisotopic (exact) mass is 331 g/mol. The quantitative estimate of drug-likeness (QED) is 0.834. The van der Waals surface area contributed by atoms with Gasteiger partial charge in [-0.1, -0.05) is 30.3 Å². The second-order valence-electron chi connectivity index (χ2n) is 4.99. The van der Waals surface area contributed by atoms with E-state index >= 15 is 0 Å². The first-order chi connectivity index (χ1) is 11.1. The van der Waals surface area contributed by atoms with Crippen molar-refractivity contribution in [2.45, 2.75) is 17.9 Å². The summed E-state index contributed by atoms with van der Waals surface area (Å²) in [5.74, 6) is 2.02. The molecule has 0 saturated carbocycles. The Morgan fingerprint density at radius 1 is 1.13 bits per heavy atom. The molecule has 0 fully saturated rings. The standard InChI is InChI=1S/C18H21NO3S/c1-13(23-12-14-7-5-4-6-8-14)18(20)19-16-10-9-15(21-2)11-17(16)22-3/h4-11,13H,12H2,1-3H3,(H,19,20)/t13-/m0/s1. The fraction of sp³-hybridized carbons (Fsp3) is 0.278. The molecule has 0 aromatic heterocycles. The van der Waals surface area contributed by atoms with E-state index in [9.17, 15) is 4.79 Å². The van der Waals surface area contributed by atoms with Crippen LogP contribution in [0.1, 0.15) is 12.5 Å². The smallest absolute Gasteiger partial charge is 0.237 e. The van der Waals surface area contributed by atoms with Gasteiger partial charge in [0.15, 0.2) is 0 Å². The summed E-state index contributed by atoms with van der Waals surface area (Å²) >= 11 is 1.60. The molecule has 2 aromatic rings. The molecule has 0 heterocycles. The van der Waals surface area contributed by atoms with Gasteiger partial charge in [-0.3, -0.25) is 4.79 Å². The fourth-order valence-corrected chi connectivity index (χ4v) is 2.85. The van der Waals surface area contributed by atoms with E-state index in [0.717, 1.165) is 5.75 Å². The Hall–Kier alpha value is -2.14. The Labute approximate surface area is 141 Å². The van der Waals surface area contributed by atoms with Crippen molar-refractivity contribution in [1.29, 1.82) is 0 Å². The van der Waals surface area contributed by atoms with Crippen molar-refractivity contribution >= 4 is 23.4 Å². The molecule has 0 aliphatic heterocycles. The van der Waals surface area contributed by atoms with Crippen molar-refractivity contribution in [3.05, 3.63) is 54.1 Å². The minimum Gasteiger partial charge on any atom is -0.497 e. The van der Waals surface area contributed by atoms with Crippen molar-refractivity contribution in [2.24, 2.45) is 0 Å². The number of thioether (sulfide) groups is 1. The van der Waals surface area contributed by atoms with Crippen LogP contribution in [-0.4, -0.2) is 25.4 Å². The Morgan fingerprint density at radius 2 is 1.87 bits per heavy atom. The van der Waals surface area contributed by atoms with Crippen LogP contribution in [0, 0.1) is 0 Å². The maximum absolute atomic E-state index is 12.3. The van der Waals surface area contributed by atoms with Crippen LogP contribution < -0.4 is 14.8 Å². The molecule has 0 bridgehead atoms. The zero-order valence-corrected chi connectivity index (χ0v) is 14.4. The molecule has 2 aromatic carbocycles. The summed E-state index contributed by atoms with van der Waals surface area (Å²) in [7, 11) is 3.16. The van der Waals surface area contributed by atoms with Crippen LogP contribution in [0.5, 0.6) is 11.5 Å². The molecule has 5 heteroatoms. The van der Waals surface area contributed by atoms with E-state index in [1.807, 2.05) is 25.1 Å². The number of carbonyl (C=O) groups is 1. The van der Waals surface area contributed by atoms with Gasteiger partial charge < -0.3 is 14.8 Å². The predicted octanol–water partition coefficient (Wildman–Crippen LogP) is 3.96. The molecule has 0 saturated heterocycles. The average Bonchev–Trinajstić information content (AvgIpc) is 2.60. The third-order valence-corrected chi connectivity index (χ3v) is 4.59. The van der Waals surface area contributed by atoms with Crippen LogP contribution in [0.15, 0.2) is 48.5 Å². The summed E-state index contributed by atoms with van der Waals surface area (Å²) in [5, 5.41) is 2.74. The second kappa shape index (κ2) is 8.48. The summed E-state index contributed by atoms with van der Waals surface area (Å²) in [6.07, 6.45) is 0. The zero-order chi connectivity index (χ0) is 16.7. The summed E-state index contributed by atoms with van der Waals surface area (Å²) in [5.41, 5.74) is 1.85. The van der Waals surface area contributed by atoms with Gasteiger partial charge in [-0.25, -0.2) is 0 Å². The van der Waals surface area contributed by atoms with Gasteiger partial charge in [0, 0.05) is 11.8 Å². The largest absolute Gasteiger partial charge is 0.497 e. The van der Waals surface area contributed by atoms with Crippen molar-refractivity contribution in [1.82, 2.24) is 0 Å². The molecule has 1 atom stereocenters. The average molecular weight is 331 g/mol. The summed E-state index contributed by atoms with van der Waals surface area (Å²) in [6.45, 7) is 1.90. The Morgan fingerprint density at radius 3 is 2.52 bits per heavy atom. The first-order valence-corrected chi connectivity index (χ1v) is 8.37. The molecule has 0 spiro atoms. The number of amides is 1. The van der Waals surface area contributed by atoms with Crippen molar-refractivity contribution in [2.75, 3.05) is 19.5 Å². The third kappa shape index (κ3) is 4.93. The summed E-state index contributed by atoms with van der Waals surface area (Å²) in [4.78, 5) is 12.3. The van der Waals surface area contributed by atoms with Crippen LogP contribution in [0.2, 0.25) is 0 Å². The van der Waals surface area contributed by atoms with Crippen LogP contribution in [-0.2, 0) is 10.5 Å². The van der Waals surface area contributed by atoms with Crippen molar-refractivity contribution in [3.63, 3.8) is 0 Å². The molecule has 1 N–H and O–H groups in total. The van der Waals surface area contributed by atoms with E-state index in [2.05, 4.69) is 17.4 Å². The molecule has 23 heavy (non-hydrogen) atoms. The number of anilines is 1. The lowest BCUT2D eigenvalue weighted by atomic mass is 10.2. The highest BCUT2D eigenvalue weighted by Crippen LogP contribution is 2.29. The number of carbonyl (C=O) groups excluding carboxylic acids is 1. The van der Waals surface area contributed by atoms with Gasteiger partial charge in [0.05, 0.1) is 25.2 Å². The molecule has 4 nitrogen and oxygen atoms in total. The number of benzene rings is 2. The van der Waals surface area contributed by atoms with E-state index in [0.29, 0.717) is 17.2 Å². The van der Waals surface area contributed by atoms with Gasteiger partial charge >= 0.3 is 0 Å². The highest BCUT2D eigenvalue weighted by molar-refractivity contribution is 7.99. The van der Waals surface area contributed by atoms with E-state index < -0.39 is 0 Å². The normalized spacial score (nSPS) is 11.6. The van der Waals surface area contributed by atoms with Crippen LogP contribution in [0.3, 0.4) is 0 Å². The Balaban J connectivity index is 1.95. The zero-order valence-electron chi connectivity index (χ0n) is 13.5. The van der Waals surface area contributed by atoms with Gasteiger partial charge in [-0.2, -0.15) is 0 Å². The number of methoxy groups -OCH3 is 2.